The van der Waals surface area contributed by atoms with E-state index >= 15 is 0 Å². The maximum atomic E-state index is 6.08. The van der Waals surface area contributed by atoms with E-state index in [1.807, 2.05) is 25.2 Å². The van der Waals surface area contributed by atoms with E-state index in [0.717, 1.165) is 11.4 Å². The second kappa shape index (κ2) is 5.37. The highest BCUT2D eigenvalue weighted by Gasteiger charge is 2.08. The van der Waals surface area contributed by atoms with Gasteiger partial charge in [-0.15, -0.1) is 0 Å². The zero-order valence-corrected chi connectivity index (χ0v) is 11.1. The standard InChI is InChI=1S/C12H15ClN4O/c1-17-12(15-11(7-14)16-17)6-8-3-4-10(18-2)9(13)5-8/h3-5H,6-7,14H2,1-2H3. The third-order valence-corrected chi connectivity index (χ3v) is 2.95. The Kier molecular flexibility index (Phi) is 3.84. The van der Waals surface area contributed by atoms with Crippen molar-refractivity contribution in [3.05, 3.63) is 40.4 Å². The van der Waals surface area contributed by atoms with Gasteiger partial charge in [0.05, 0.1) is 18.7 Å². The molecule has 0 aliphatic heterocycles. The van der Waals surface area contributed by atoms with Gasteiger partial charge in [0.1, 0.15) is 11.6 Å². The summed E-state index contributed by atoms with van der Waals surface area (Å²) in [4.78, 5) is 4.35. The Morgan fingerprint density at radius 3 is 2.78 bits per heavy atom. The summed E-state index contributed by atoms with van der Waals surface area (Å²) in [5, 5.41) is 4.80. The molecule has 0 unspecified atom stereocenters. The molecule has 0 spiro atoms. The van der Waals surface area contributed by atoms with Crippen LogP contribution in [-0.4, -0.2) is 21.9 Å². The highest BCUT2D eigenvalue weighted by atomic mass is 35.5. The third kappa shape index (κ3) is 2.63. The van der Waals surface area contributed by atoms with Crippen LogP contribution in [0.2, 0.25) is 5.02 Å². The van der Waals surface area contributed by atoms with E-state index in [1.54, 1.807) is 11.8 Å². The van der Waals surface area contributed by atoms with E-state index in [-0.39, 0.29) is 0 Å². The van der Waals surface area contributed by atoms with Crippen molar-refractivity contribution in [2.45, 2.75) is 13.0 Å². The number of aromatic nitrogens is 3. The molecule has 0 saturated carbocycles. The van der Waals surface area contributed by atoms with E-state index in [0.29, 0.717) is 29.6 Å². The summed E-state index contributed by atoms with van der Waals surface area (Å²) in [5.41, 5.74) is 6.57. The van der Waals surface area contributed by atoms with Crippen LogP contribution in [0.1, 0.15) is 17.2 Å². The number of nitrogens with zero attached hydrogens (tertiary/aromatic N) is 3. The molecule has 0 aliphatic rings. The number of methoxy groups -OCH3 is 1. The molecule has 5 nitrogen and oxygen atoms in total. The molecule has 0 aliphatic carbocycles. The first-order valence-electron chi connectivity index (χ1n) is 5.55. The molecule has 6 heteroatoms. The van der Waals surface area contributed by atoms with E-state index in [4.69, 9.17) is 22.1 Å². The first-order valence-corrected chi connectivity index (χ1v) is 5.93. The van der Waals surface area contributed by atoms with Crippen molar-refractivity contribution >= 4 is 11.6 Å². The second-order valence-electron chi connectivity index (χ2n) is 3.92. The molecule has 96 valence electrons. The predicted molar refractivity (Wildman–Crippen MR) is 69.7 cm³/mol. The number of halogens is 1. The maximum absolute atomic E-state index is 6.08. The Balaban J connectivity index is 2.22. The lowest BCUT2D eigenvalue weighted by atomic mass is 10.1. The lowest BCUT2D eigenvalue weighted by Crippen LogP contribution is -2.01. The van der Waals surface area contributed by atoms with Gasteiger partial charge in [-0.2, -0.15) is 5.10 Å². The number of ether oxygens (including phenoxy) is 1. The molecule has 0 amide bonds. The zero-order valence-electron chi connectivity index (χ0n) is 10.4. The lowest BCUT2D eigenvalue weighted by Gasteiger charge is -2.05. The molecule has 0 bridgehead atoms. The topological polar surface area (TPSA) is 66.0 Å². The largest absolute Gasteiger partial charge is 0.495 e. The van der Waals surface area contributed by atoms with E-state index in [9.17, 15) is 0 Å². The molecule has 0 atom stereocenters. The van der Waals surface area contributed by atoms with Crippen LogP contribution in [0, 0.1) is 0 Å². The van der Waals surface area contributed by atoms with Gasteiger partial charge in [0, 0.05) is 13.5 Å². The summed E-state index contributed by atoms with van der Waals surface area (Å²) >= 11 is 6.08. The SMILES string of the molecule is COc1ccc(Cc2nc(CN)nn2C)cc1Cl. The van der Waals surface area contributed by atoms with Crippen molar-refractivity contribution in [1.29, 1.82) is 0 Å². The smallest absolute Gasteiger partial charge is 0.164 e. The van der Waals surface area contributed by atoms with Crippen LogP contribution >= 0.6 is 11.6 Å². The Bertz CT molecular complexity index is 553. The quantitative estimate of drug-likeness (QED) is 0.911. The minimum Gasteiger partial charge on any atom is -0.495 e. The van der Waals surface area contributed by atoms with E-state index in [2.05, 4.69) is 10.1 Å². The van der Waals surface area contributed by atoms with Gasteiger partial charge in [-0.1, -0.05) is 17.7 Å². The van der Waals surface area contributed by atoms with Gasteiger partial charge in [0.25, 0.3) is 0 Å². The number of benzene rings is 1. The van der Waals surface area contributed by atoms with Crippen molar-refractivity contribution < 1.29 is 4.74 Å². The molecule has 18 heavy (non-hydrogen) atoms. The van der Waals surface area contributed by atoms with Gasteiger partial charge in [0.2, 0.25) is 0 Å². The Morgan fingerprint density at radius 1 is 1.44 bits per heavy atom. The van der Waals surface area contributed by atoms with Crippen LogP contribution in [0.5, 0.6) is 5.75 Å². The van der Waals surface area contributed by atoms with Crippen molar-refractivity contribution in [2.75, 3.05) is 7.11 Å². The third-order valence-electron chi connectivity index (χ3n) is 2.66. The zero-order chi connectivity index (χ0) is 13.1. The summed E-state index contributed by atoms with van der Waals surface area (Å²) in [5.74, 6) is 2.17. The second-order valence-corrected chi connectivity index (χ2v) is 4.32. The molecule has 0 radical (unpaired) electrons. The Morgan fingerprint density at radius 2 is 2.22 bits per heavy atom. The molecule has 0 fully saturated rings. The van der Waals surface area contributed by atoms with Crippen LogP contribution in [-0.2, 0) is 20.0 Å². The number of hydrogen-bond donors (Lipinski definition) is 1. The van der Waals surface area contributed by atoms with Crippen molar-refractivity contribution in [1.82, 2.24) is 14.8 Å². The molecule has 2 rings (SSSR count). The van der Waals surface area contributed by atoms with Gasteiger partial charge in [-0.3, -0.25) is 4.68 Å². The number of hydrogen-bond acceptors (Lipinski definition) is 4. The maximum Gasteiger partial charge on any atom is 0.164 e. The molecule has 1 aromatic heterocycles. The molecular weight excluding hydrogens is 252 g/mol. The highest BCUT2D eigenvalue weighted by molar-refractivity contribution is 6.32. The molecule has 1 aromatic carbocycles. The van der Waals surface area contributed by atoms with Crippen LogP contribution in [0.25, 0.3) is 0 Å². The molecular formula is C12H15ClN4O. The fourth-order valence-corrected chi connectivity index (χ4v) is 2.00. The van der Waals surface area contributed by atoms with Gasteiger partial charge >= 0.3 is 0 Å². The lowest BCUT2D eigenvalue weighted by molar-refractivity contribution is 0.415. The summed E-state index contributed by atoms with van der Waals surface area (Å²) in [6, 6.07) is 5.68. The van der Waals surface area contributed by atoms with Crippen LogP contribution in [0.4, 0.5) is 0 Å². The summed E-state index contributed by atoms with van der Waals surface area (Å²) < 4.78 is 6.85. The van der Waals surface area contributed by atoms with Crippen molar-refractivity contribution in [2.24, 2.45) is 12.8 Å². The van der Waals surface area contributed by atoms with Crippen LogP contribution < -0.4 is 10.5 Å². The van der Waals surface area contributed by atoms with Crippen molar-refractivity contribution in [3.8, 4) is 5.75 Å². The van der Waals surface area contributed by atoms with Crippen LogP contribution in [0.3, 0.4) is 0 Å². The van der Waals surface area contributed by atoms with Crippen LogP contribution in [0.15, 0.2) is 18.2 Å². The predicted octanol–water partition coefficient (Wildman–Crippen LogP) is 1.53. The first-order chi connectivity index (χ1) is 8.63. The molecule has 2 aromatic rings. The van der Waals surface area contributed by atoms with Gasteiger partial charge in [0.15, 0.2) is 5.82 Å². The first kappa shape index (κ1) is 12.9. The normalized spacial score (nSPS) is 10.7. The Labute approximate surface area is 111 Å². The summed E-state index contributed by atoms with van der Waals surface area (Å²) in [6.45, 7) is 0.344. The average Bonchev–Trinajstić information content (AvgIpc) is 2.70. The van der Waals surface area contributed by atoms with E-state index < -0.39 is 0 Å². The average molecular weight is 267 g/mol. The fraction of sp³-hybridized carbons (Fsp3) is 0.333. The molecule has 0 saturated heterocycles. The number of aryl methyl sites for hydroxylation is 1. The van der Waals surface area contributed by atoms with Gasteiger partial charge in [-0.05, 0) is 17.7 Å². The molecule has 1 heterocycles. The monoisotopic (exact) mass is 266 g/mol. The number of rotatable bonds is 4. The Hall–Kier alpha value is -1.59. The minimum atomic E-state index is 0.344. The van der Waals surface area contributed by atoms with Gasteiger partial charge in [-0.25, -0.2) is 4.98 Å². The van der Waals surface area contributed by atoms with E-state index in [1.165, 1.54) is 0 Å². The number of nitrogens with two attached hydrogens (primary N) is 1. The summed E-state index contributed by atoms with van der Waals surface area (Å²) in [6.07, 6.45) is 0.660. The summed E-state index contributed by atoms with van der Waals surface area (Å²) in [7, 11) is 3.45. The molecule has 2 N–H and O–H groups in total. The highest BCUT2D eigenvalue weighted by Crippen LogP contribution is 2.25. The minimum absolute atomic E-state index is 0.344. The fourth-order valence-electron chi connectivity index (χ4n) is 1.72. The van der Waals surface area contributed by atoms with Crippen molar-refractivity contribution in [3.63, 3.8) is 0 Å². The van der Waals surface area contributed by atoms with Gasteiger partial charge < -0.3 is 10.5 Å².